The van der Waals surface area contributed by atoms with Gasteiger partial charge in [-0.3, -0.25) is 14.5 Å². The minimum atomic E-state index is -0.278. The number of amides is 2. The van der Waals surface area contributed by atoms with Gasteiger partial charge >= 0.3 is 0 Å². The molecule has 0 saturated carbocycles. The fraction of sp³-hybridized carbons (Fsp3) is 0.292. The molecule has 1 saturated heterocycles. The Kier molecular flexibility index (Phi) is 7.33. The topological polar surface area (TPSA) is 87.5 Å². The van der Waals surface area contributed by atoms with E-state index in [1.165, 1.54) is 0 Å². The highest BCUT2D eigenvalue weighted by molar-refractivity contribution is 6.39. The van der Waals surface area contributed by atoms with Crippen LogP contribution < -0.4 is 10.6 Å². The fourth-order valence-corrected chi connectivity index (χ4v) is 4.53. The van der Waals surface area contributed by atoms with Gasteiger partial charge in [0.05, 0.1) is 16.6 Å². The van der Waals surface area contributed by atoms with Crippen molar-refractivity contribution in [3.05, 3.63) is 69.9 Å². The number of nitrogens with zero attached hydrogens (tertiary/aromatic N) is 2. The van der Waals surface area contributed by atoms with Gasteiger partial charge in [-0.15, -0.1) is 0 Å². The van der Waals surface area contributed by atoms with Gasteiger partial charge in [0.2, 0.25) is 5.91 Å². The average Bonchev–Trinajstić information content (AvgIpc) is 3.16. The van der Waals surface area contributed by atoms with Crippen molar-refractivity contribution in [2.24, 2.45) is 0 Å². The second-order valence-corrected chi connectivity index (χ2v) is 8.81. The first kappa shape index (κ1) is 23.3. The Balaban J connectivity index is 1.35. The second kappa shape index (κ2) is 10.4. The predicted molar refractivity (Wildman–Crippen MR) is 129 cm³/mol. The highest BCUT2D eigenvalue weighted by atomic mass is 35.5. The lowest BCUT2D eigenvalue weighted by Crippen LogP contribution is -2.46. The monoisotopic (exact) mass is 486 g/mol. The number of nitrogens with one attached hydrogen (secondary N) is 2. The van der Waals surface area contributed by atoms with Crippen LogP contribution >= 0.6 is 23.2 Å². The molecule has 1 aliphatic heterocycles. The summed E-state index contributed by atoms with van der Waals surface area (Å²) in [5.74, 6) is 0.0681. The molecule has 2 amide bonds. The molecule has 2 aromatic carbocycles. The Morgan fingerprint density at radius 1 is 1.06 bits per heavy atom. The number of hydrogen-bond acceptors (Lipinski definition) is 5. The van der Waals surface area contributed by atoms with E-state index in [1.54, 1.807) is 25.1 Å². The SMILES string of the molecule is Cc1onc(-c2c(Cl)cccc2Cl)c1C(=O)NC1CCN(CC(=O)Nc2ccccc2)CC1. The molecule has 0 radical (unpaired) electrons. The third kappa shape index (κ3) is 5.55. The van der Waals surface area contributed by atoms with Crippen LogP contribution in [0.15, 0.2) is 53.1 Å². The predicted octanol–water partition coefficient (Wildman–Crippen LogP) is 4.79. The van der Waals surface area contributed by atoms with Crippen molar-refractivity contribution in [3.63, 3.8) is 0 Å². The first-order chi connectivity index (χ1) is 15.9. The number of para-hydroxylation sites is 1. The normalized spacial score (nSPS) is 14.8. The standard InChI is InChI=1S/C24H24Cl2N4O3/c1-15-21(23(29-33-15)22-18(25)8-5-9-19(22)26)24(32)28-17-10-12-30(13-11-17)14-20(31)27-16-6-3-2-4-7-16/h2-9,17H,10-14H2,1H3,(H,27,31)(H,28,32). The molecule has 0 spiro atoms. The first-order valence-electron chi connectivity index (χ1n) is 10.7. The maximum Gasteiger partial charge on any atom is 0.257 e. The lowest BCUT2D eigenvalue weighted by molar-refractivity contribution is -0.117. The first-order valence-corrected chi connectivity index (χ1v) is 11.5. The van der Waals surface area contributed by atoms with E-state index in [0.717, 1.165) is 18.5 Å². The van der Waals surface area contributed by atoms with E-state index in [9.17, 15) is 9.59 Å². The van der Waals surface area contributed by atoms with Crippen molar-refractivity contribution in [2.75, 3.05) is 25.0 Å². The van der Waals surface area contributed by atoms with Gasteiger partial charge < -0.3 is 15.2 Å². The second-order valence-electron chi connectivity index (χ2n) is 8.00. The molecule has 2 N–H and O–H groups in total. The maximum atomic E-state index is 13.1. The summed E-state index contributed by atoms with van der Waals surface area (Å²) in [4.78, 5) is 27.5. The number of halogens is 2. The molecule has 7 nitrogen and oxygen atoms in total. The van der Waals surface area contributed by atoms with Crippen LogP contribution in [-0.4, -0.2) is 47.5 Å². The number of hydrogen-bond donors (Lipinski definition) is 2. The van der Waals surface area contributed by atoms with Crippen molar-refractivity contribution in [3.8, 4) is 11.3 Å². The molecule has 2 heterocycles. The van der Waals surface area contributed by atoms with Gasteiger partial charge in [-0.05, 0) is 44.0 Å². The van der Waals surface area contributed by atoms with Crippen LogP contribution in [0.5, 0.6) is 0 Å². The number of likely N-dealkylation sites (tertiary alicyclic amines) is 1. The molecule has 0 bridgehead atoms. The summed E-state index contributed by atoms with van der Waals surface area (Å²) < 4.78 is 5.30. The molecule has 4 rings (SSSR count). The van der Waals surface area contributed by atoms with Crippen molar-refractivity contribution in [1.82, 2.24) is 15.4 Å². The minimum absolute atomic E-state index is 0.0187. The number of aryl methyl sites for hydroxylation is 1. The molecule has 3 aromatic rings. The van der Waals surface area contributed by atoms with Gasteiger partial charge in [0, 0.05) is 30.4 Å². The van der Waals surface area contributed by atoms with Crippen LogP contribution in [0.25, 0.3) is 11.3 Å². The van der Waals surface area contributed by atoms with E-state index in [0.29, 0.717) is 52.3 Å². The fourth-order valence-electron chi connectivity index (χ4n) is 3.95. The van der Waals surface area contributed by atoms with Gasteiger partial charge in [0.25, 0.3) is 5.91 Å². The zero-order valence-corrected chi connectivity index (χ0v) is 19.6. The van der Waals surface area contributed by atoms with Crippen molar-refractivity contribution >= 4 is 40.7 Å². The number of piperidine rings is 1. The Hall–Kier alpha value is -2.87. The Labute approximate surface area is 202 Å². The molecule has 0 aliphatic carbocycles. The molecular formula is C24H24Cl2N4O3. The number of carbonyl (C=O) groups is 2. The van der Waals surface area contributed by atoms with Gasteiger partial charge in [0.1, 0.15) is 17.0 Å². The van der Waals surface area contributed by atoms with Crippen molar-refractivity contribution < 1.29 is 14.1 Å². The molecule has 33 heavy (non-hydrogen) atoms. The summed E-state index contributed by atoms with van der Waals surface area (Å²) in [6.07, 6.45) is 1.47. The minimum Gasteiger partial charge on any atom is -0.360 e. The Bertz CT molecular complexity index is 1120. The van der Waals surface area contributed by atoms with E-state index in [1.807, 2.05) is 30.3 Å². The van der Waals surface area contributed by atoms with Crippen LogP contribution in [0.2, 0.25) is 10.0 Å². The number of rotatable bonds is 6. The average molecular weight is 487 g/mol. The number of benzene rings is 2. The summed E-state index contributed by atoms with van der Waals surface area (Å²) in [7, 11) is 0. The zero-order chi connectivity index (χ0) is 23.4. The molecule has 1 aromatic heterocycles. The van der Waals surface area contributed by atoms with Gasteiger partial charge in [-0.2, -0.15) is 0 Å². The highest BCUT2D eigenvalue weighted by Crippen LogP contribution is 2.36. The zero-order valence-electron chi connectivity index (χ0n) is 18.1. The molecule has 1 fully saturated rings. The van der Waals surface area contributed by atoms with Crippen molar-refractivity contribution in [1.29, 1.82) is 0 Å². The largest absolute Gasteiger partial charge is 0.360 e. The van der Waals surface area contributed by atoms with E-state index in [-0.39, 0.29) is 17.9 Å². The number of carbonyl (C=O) groups excluding carboxylic acids is 2. The summed E-state index contributed by atoms with van der Waals surface area (Å²) in [5, 5.41) is 10.8. The van der Waals surface area contributed by atoms with Gasteiger partial charge in [-0.25, -0.2) is 0 Å². The van der Waals surface area contributed by atoms with E-state index < -0.39 is 0 Å². The third-order valence-electron chi connectivity index (χ3n) is 5.64. The van der Waals surface area contributed by atoms with Crippen LogP contribution in [0, 0.1) is 6.92 Å². The summed E-state index contributed by atoms with van der Waals surface area (Å²) in [6.45, 7) is 3.41. The summed E-state index contributed by atoms with van der Waals surface area (Å²) in [5.41, 5.74) is 1.91. The Morgan fingerprint density at radius 3 is 2.39 bits per heavy atom. The van der Waals surface area contributed by atoms with Crippen LogP contribution in [0.3, 0.4) is 0 Å². The van der Waals surface area contributed by atoms with Gasteiger partial charge in [-0.1, -0.05) is 52.6 Å². The van der Waals surface area contributed by atoms with Crippen molar-refractivity contribution in [2.45, 2.75) is 25.8 Å². The lowest BCUT2D eigenvalue weighted by Gasteiger charge is -2.31. The smallest absolute Gasteiger partial charge is 0.257 e. The van der Waals surface area contributed by atoms with Crippen LogP contribution in [-0.2, 0) is 4.79 Å². The Morgan fingerprint density at radius 2 is 1.73 bits per heavy atom. The van der Waals surface area contributed by atoms with Crippen LogP contribution in [0.1, 0.15) is 29.0 Å². The lowest BCUT2D eigenvalue weighted by atomic mass is 10.0. The maximum absolute atomic E-state index is 13.1. The van der Waals surface area contributed by atoms with Crippen LogP contribution in [0.4, 0.5) is 5.69 Å². The van der Waals surface area contributed by atoms with E-state index >= 15 is 0 Å². The number of anilines is 1. The molecule has 1 aliphatic rings. The quantitative estimate of drug-likeness (QED) is 0.522. The highest BCUT2D eigenvalue weighted by Gasteiger charge is 2.28. The summed E-state index contributed by atoms with van der Waals surface area (Å²) >= 11 is 12.6. The van der Waals surface area contributed by atoms with Gasteiger partial charge in [0.15, 0.2) is 0 Å². The number of aromatic nitrogens is 1. The van der Waals surface area contributed by atoms with E-state index in [2.05, 4.69) is 20.7 Å². The molecular weight excluding hydrogens is 463 g/mol. The molecule has 0 atom stereocenters. The van der Waals surface area contributed by atoms with E-state index in [4.69, 9.17) is 27.7 Å². The summed E-state index contributed by atoms with van der Waals surface area (Å²) in [6, 6.07) is 14.5. The third-order valence-corrected chi connectivity index (χ3v) is 6.27. The molecule has 0 unspecified atom stereocenters. The molecule has 172 valence electrons. The molecule has 9 heteroatoms.